The highest BCUT2D eigenvalue weighted by Crippen LogP contribution is 2.39. The molecule has 1 aliphatic rings. The van der Waals surface area contributed by atoms with E-state index >= 15 is 0 Å². The summed E-state index contributed by atoms with van der Waals surface area (Å²) in [6, 6.07) is 10.6. The van der Waals surface area contributed by atoms with Crippen LogP contribution in [-0.2, 0) is 4.84 Å². The molecule has 5 nitrogen and oxygen atoms in total. The summed E-state index contributed by atoms with van der Waals surface area (Å²) >= 11 is 5.90. The van der Waals surface area contributed by atoms with Crippen LogP contribution in [-0.4, -0.2) is 25.0 Å². The maximum absolute atomic E-state index is 10.3. The van der Waals surface area contributed by atoms with E-state index in [1.54, 1.807) is 6.07 Å². The minimum atomic E-state index is -0.214. The summed E-state index contributed by atoms with van der Waals surface area (Å²) < 4.78 is 10.5. The van der Waals surface area contributed by atoms with Gasteiger partial charge in [0, 0.05) is 23.6 Å². The third-order valence-electron chi connectivity index (χ3n) is 3.71. The molecule has 1 atom stereocenters. The van der Waals surface area contributed by atoms with Gasteiger partial charge >= 0.3 is 0 Å². The van der Waals surface area contributed by atoms with Crippen molar-refractivity contribution in [3.8, 4) is 17.2 Å². The van der Waals surface area contributed by atoms with Crippen molar-refractivity contribution in [3.05, 3.63) is 52.5 Å². The number of hydrogen-bond acceptors (Lipinski definition) is 5. The molecule has 0 radical (unpaired) electrons. The van der Waals surface area contributed by atoms with E-state index in [-0.39, 0.29) is 11.9 Å². The van der Waals surface area contributed by atoms with Gasteiger partial charge in [0.15, 0.2) is 6.10 Å². The van der Waals surface area contributed by atoms with Gasteiger partial charge in [-0.05, 0) is 17.7 Å². The summed E-state index contributed by atoms with van der Waals surface area (Å²) in [6.07, 6.45) is 0.311. The molecule has 120 valence electrons. The van der Waals surface area contributed by atoms with Crippen LogP contribution in [0.4, 0.5) is 0 Å². The van der Waals surface area contributed by atoms with Gasteiger partial charge in [0.25, 0.3) is 0 Å². The van der Waals surface area contributed by atoms with Crippen molar-refractivity contribution < 1.29 is 19.4 Å². The quantitative estimate of drug-likeness (QED) is 0.921. The molecule has 0 aliphatic carbocycles. The van der Waals surface area contributed by atoms with Gasteiger partial charge in [-0.25, -0.2) is 0 Å². The summed E-state index contributed by atoms with van der Waals surface area (Å²) in [5, 5.41) is 15.1. The van der Waals surface area contributed by atoms with Crippen LogP contribution in [0, 0.1) is 0 Å². The van der Waals surface area contributed by atoms with E-state index in [1.165, 1.54) is 20.3 Å². The second kappa shape index (κ2) is 6.38. The molecule has 0 saturated carbocycles. The van der Waals surface area contributed by atoms with E-state index in [0.717, 1.165) is 5.56 Å². The van der Waals surface area contributed by atoms with Gasteiger partial charge in [-0.2, -0.15) is 0 Å². The first kappa shape index (κ1) is 15.5. The zero-order valence-corrected chi connectivity index (χ0v) is 13.5. The number of benzene rings is 2. The predicted octanol–water partition coefficient (Wildman–Crippen LogP) is 3.93. The molecule has 6 heteroatoms. The van der Waals surface area contributed by atoms with Gasteiger partial charge in [0.1, 0.15) is 17.2 Å². The summed E-state index contributed by atoms with van der Waals surface area (Å²) in [4.78, 5) is 5.50. The summed E-state index contributed by atoms with van der Waals surface area (Å²) in [6.45, 7) is 0. The van der Waals surface area contributed by atoms with E-state index in [1.807, 2.05) is 24.3 Å². The number of oxime groups is 1. The normalized spacial score (nSPS) is 16.7. The Morgan fingerprint density at radius 2 is 1.91 bits per heavy atom. The Morgan fingerprint density at radius 1 is 1.17 bits per heavy atom. The largest absolute Gasteiger partial charge is 0.507 e. The molecule has 2 aromatic rings. The van der Waals surface area contributed by atoms with E-state index < -0.39 is 0 Å². The number of hydrogen-bond donors (Lipinski definition) is 1. The molecule has 0 saturated heterocycles. The lowest BCUT2D eigenvalue weighted by molar-refractivity contribution is 0.0857. The Balaban J connectivity index is 1.88. The van der Waals surface area contributed by atoms with Gasteiger partial charge in [-0.3, -0.25) is 0 Å². The fraction of sp³-hybridized carbons (Fsp3) is 0.235. The fourth-order valence-corrected chi connectivity index (χ4v) is 2.65. The average Bonchev–Trinajstić information content (AvgIpc) is 3.04. The van der Waals surface area contributed by atoms with Gasteiger partial charge < -0.3 is 19.4 Å². The first-order chi connectivity index (χ1) is 11.1. The van der Waals surface area contributed by atoms with Crippen LogP contribution in [0.25, 0.3) is 0 Å². The molecule has 1 N–H and O–H groups in total. The monoisotopic (exact) mass is 333 g/mol. The molecule has 0 aromatic heterocycles. The van der Waals surface area contributed by atoms with Crippen LogP contribution < -0.4 is 9.47 Å². The Kier molecular flexibility index (Phi) is 4.30. The van der Waals surface area contributed by atoms with Crippen molar-refractivity contribution in [1.82, 2.24) is 0 Å². The Labute approximate surface area is 139 Å². The van der Waals surface area contributed by atoms with Crippen molar-refractivity contribution >= 4 is 17.3 Å². The molecule has 3 rings (SSSR count). The summed E-state index contributed by atoms with van der Waals surface area (Å²) in [7, 11) is 3.06. The number of rotatable bonds is 4. The molecular weight excluding hydrogens is 318 g/mol. The number of methoxy groups -OCH3 is 2. The number of aromatic hydroxyl groups is 1. The minimum absolute atomic E-state index is 0.0420. The third kappa shape index (κ3) is 3.05. The van der Waals surface area contributed by atoms with Crippen LogP contribution >= 0.6 is 11.6 Å². The number of ether oxygens (including phenoxy) is 2. The second-order valence-electron chi connectivity index (χ2n) is 5.11. The first-order valence-corrected chi connectivity index (χ1v) is 7.43. The number of halogens is 1. The second-order valence-corrected chi connectivity index (χ2v) is 5.55. The molecule has 23 heavy (non-hydrogen) atoms. The van der Waals surface area contributed by atoms with Crippen molar-refractivity contribution in [2.45, 2.75) is 12.5 Å². The topological polar surface area (TPSA) is 60.3 Å². The molecule has 1 unspecified atom stereocenters. The van der Waals surface area contributed by atoms with E-state index in [0.29, 0.717) is 34.2 Å². The number of phenolic OH excluding ortho intramolecular Hbond substituents is 1. The minimum Gasteiger partial charge on any atom is -0.507 e. The molecule has 1 heterocycles. The molecule has 0 fully saturated rings. The average molecular weight is 334 g/mol. The lowest BCUT2D eigenvalue weighted by atomic mass is 9.99. The van der Waals surface area contributed by atoms with Gasteiger partial charge in [-0.15, -0.1) is 0 Å². The molecule has 0 bridgehead atoms. The van der Waals surface area contributed by atoms with Crippen LogP contribution in [0.2, 0.25) is 5.02 Å². The summed E-state index contributed by atoms with van der Waals surface area (Å²) in [5.74, 6) is 1.04. The van der Waals surface area contributed by atoms with Crippen LogP contribution in [0.3, 0.4) is 0 Å². The highest BCUT2D eigenvalue weighted by molar-refractivity contribution is 6.30. The molecule has 0 amide bonds. The van der Waals surface area contributed by atoms with Crippen molar-refractivity contribution in [1.29, 1.82) is 0 Å². The maximum Gasteiger partial charge on any atom is 0.158 e. The van der Waals surface area contributed by atoms with E-state index in [9.17, 15) is 5.11 Å². The SMILES string of the molecule is COc1cc(O)c(C2=NOC(c3ccc(Cl)cc3)C2)c(OC)c1. The number of phenols is 1. The molecular formula is C17H16ClNO4. The Morgan fingerprint density at radius 3 is 2.57 bits per heavy atom. The first-order valence-electron chi connectivity index (χ1n) is 7.06. The predicted molar refractivity (Wildman–Crippen MR) is 87.6 cm³/mol. The molecule has 1 aliphatic heterocycles. The lowest BCUT2D eigenvalue weighted by Crippen LogP contribution is -2.04. The van der Waals surface area contributed by atoms with Crippen LogP contribution in [0.1, 0.15) is 23.7 Å². The van der Waals surface area contributed by atoms with E-state index in [2.05, 4.69) is 5.16 Å². The Hall–Kier alpha value is -2.40. The number of nitrogens with zero attached hydrogens (tertiary/aromatic N) is 1. The zero-order valence-electron chi connectivity index (χ0n) is 12.7. The zero-order chi connectivity index (χ0) is 16.4. The van der Waals surface area contributed by atoms with Crippen molar-refractivity contribution in [3.63, 3.8) is 0 Å². The smallest absolute Gasteiger partial charge is 0.158 e. The van der Waals surface area contributed by atoms with Gasteiger partial charge in [0.05, 0.1) is 25.5 Å². The van der Waals surface area contributed by atoms with Crippen molar-refractivity contribution in [2.75, 3.05) is 14.2 Å². The fourth-order valence-electron chi connectivity index (χ4n) is 2.53. The summed E-state index contributed by atoms with van der Waals surface area (Å²) in [5.41, 5.74) is 2.12. The molecule has 0 spiro atoms. The van der Waals surface area contributed by atoms with Crippen LogP contribution in [0.15, 0.2) is 41.6 Å². The highest BCUT2D eigenvalue weighted by Gasteiger charge is 2.28. The van der Waals surface area contributed by atoms with Gasteiger partial charge in [-0.1, -0.05) is 28.9 Å². The van der Waals surface area contributed by atoms with Crippen molar-refractivity contribution in [2.24, 2.45) is 5.16 Å². The van der Waals surface area contributed by atoms with E-state index in [4.69, 9.17) is 25.9 Å². The maximum atomic E-state index is 10.3. The Bertz CT molecular complexity index is 743. The lowest BCUT2D eigenvalue weighted by Gasteiger charge is -2.12. The third-order valence-corrected chi connectivity index (χ3v) is 3.96. The highest BCUT2D eigenvalue weighted by atomic mass is 35.5. The van der Waals surface area contributed by atoms with Crippen LogP contribution in [0.5, 0.6) is 17.2 Å². The van der Waals surface area contributed by atoms with Gasteiger partial charge in [0.2, 0.25) is 0 Å². The standard InChI is InChI=1S/C17H16ClNO4/c1-21-12-7-14(20)17(16(8-12)22-2)13-9-15(23-19-13)10-3-5-11(18)6-4-10/h3-8,15,20H,9H2,1-2H3. The molecule has 2 aromatic carbocycles.